The molecule has 1 rings (SSSR count). The van der Waals surface area contributed by atoms with Gasteiger partial charge in [0.05, 0.1) is 6.20 Å². The van der Waals surface area contributed by atoms with Crippen LogP contribution in [0.2, 0.25) is 0 Å². The van der Waals surface area contributed by atoms with Gasteiger partial charge in [0.1, 0.15) is 0 Å². The van der Waals surface area contributed by atoms with Crippen molar-refractivity contribution < 1.29 is 0 Å². The molecule has 0 aliphatic heterocycles. The summed E-state index contributed by atoms with van der Waals surface area (Å²) in [5.74, 6) is 0. The van der Waals surface area contributed by atoms with Crippen LogP contribution in [0.15, 0.2) is 24.4 Å². The van der Waals surface area contributed by atoms with Gasteiger partial charge >= 0.3 is 0 Å². The molecule has 0 aliphatic carbocycles. The van der Waals surface area contributed by atoms with Crippen LogP contribution in [0.25, 0.3) is 6.20 Å². The van der Waals surface area contributed by atoms with Gasteiger partial charge < -0.3 is 0 Å². The van der Waals surface area contributed by atoms with Gasteiger partial charge in [-0.2, -0.15) is 5.10 Å². The highest BCUT2D eigenvalue weighted by atomic mass is 15.3. The van der Waals surface area contributed by atoms with E-state index in [2.05, 4.69) is 11.7 Å². The van der Waals surface area contributed by atoms with Gasteiger partial charge in [0.25, 0.3) is 0 Å². The second-order valence-corrected chi connectivity index (χ2v) is 3.02. The summed E-state index contributed by atoms with van der Waals surface area (Å²) in [5.41, 5.74) is 3.41. The predicted molar refractivity (Wildman–Crippen MR) is 51.8 cm³/mol. The lowest BCUT2D eigenvalue weighted by Gasteiger charge is -1.95. The summed E-state index contributed by atoms with van der Waals surface area (Å²) in [6.07, 6.45) is 5.72. The highest BCUT2D eigenvalue weighted by Gasteiger charge is 1.96. The Morgan fingerprint density at radius 2 is 2.25 bits per heavy atom. The van der Waals surface area contributed by atoms with Gasteiger partial charge in [-0.1, -0.05) is 12.2 Å². The van der Waals surface area contributed by atoms with E-state index in [1.807, 2.05) is 43.9 Å². The van der Waals surface area contributed by atoms with Gasteiger partial charge in [-0.05, 0) is 32.4 Å². The van der Waals surface area contributed by atoms with Crippen LogP contribution in [-0.4, -0.2) is 9.78 Å². The van der Waals surface area contributed by atoms with Gasteiger partial charge in [-0.15, -0.1) is 0 Å². The molecule has 0 N–H and O–H groups in total. The summed E-state index contributed by atoms with van der Waals surface area (Å²) in [5, 5.41) is 4.18. The van der Waals surface area contributed by atoms with Gasteiger partial charge in [0.2, 0.25) is 0 Å². The monoisotopic (exact) mass is 162 g/mol. The summed E-state index contributed by atoms with van der Waals surface area (Å²) in [7, 11) is 0. The number of rotatable bonds is 2. The third-order valence-electron chi connectivity index (χ3n) is 1.79. The van der Waals surface area contributed by atoms with E-state index >= 15 is 0 Å². The second kappa shape index (κ2) is 3.39. The van der Waals surface area contributed by atoms with Crippen LogP contribution in [0, 0.1) is 13.8 Å². The molecule has 12 heavy (non-hydrogen) atoms. The lowest BCUT2D eigenvalue weighted by atomic mass is 10.3. The quantitative estimate of drug-likeness (QED) is 0.611. The Bertz CT molecular complexity index is 319. The van der Waals surface area contributed by atoms with Crippen molar-refractivity contribution in [3.05, 3.63) is 35.7 Å². The topological polar surface area (TPSA) is 17.8 Å². The Morgan fingerprint density at radius 1 is 1.58 bits per heavy atom. The molecule has 2 nitrogen and oxygen atoms in total. The first-order chi connectivity index (χ1) is 5.61. The third-order valence-corrected chi connectivity index (χ3v) is 1.79. The molecule has 0 unspecified atom stereocenters. The molecule has 0 amide bonds. The number of aromatic nitrogens is 2. The van der Waals surface area contributed by atoms with Crippen molar-refractivity contribution in [3.63, 3.8) is 0 Å². The van der Waals surface area contributed by atoms with E-state index in [-0.39, 0.29) is 0 Å². The molecular weight excluding hydrogens is 148 g/mol. The zero-order valence-electron chi connectivity index (χ0n) is 7.83. The first-order valence-electron chi connectivity index (χ1n) is 3.95. The fourth-order valence-corrected chi connectivity index (χ4v) is 0.858. The number of hydrogen-bond acceptors (Lipinski definition) is 1. The molecular formula is C10H14N2. The van der Waals surface area contributed by atoms with Gasteiger partial charge in [0.15, 0.2) is 0 Å². The molecule has 0 bridgehead atoms. The second-order valence-electron chi connectivity index (χ2n) is 3.02. The molecule has 1 heterocycles. The van der Waals surface area contributed by atoms with E-state index in [4.69, 9.17) is 0 Å². The summed E-state index contributed by atoms with van der Waals surface area (Å²) >= 11 is 0. The van der Waals surface area contributed by atoms with E-state index in [9.17, 15) is 0 Å². The molecule has 1 aromatic rings. The highest BCUT2D eigenvalue weighted by Crippen LogP contribution is 2.05. The van der Waals surface area contributed by atoms with E-state index in [1.165, 1.54) is 11.3 Å². The Hall–Kier alpha value is -1.31. The first-order valence-corrected chi connectivity index (χ1v) is 3.95. The van der Waals surface area contributed by atoms with E-state index in [0.717, 1.165) is 5.57 Å². The number of nitrogens with zero attached hydrogens (tertiary/aromatic N) is 2. The Balaban J connectivity index is 2.90. The van der Waals surface area contributed by atoms with Crippen LogP contribution in [0.5, 0.6) is 0 Å². The molecule has 0 aromatic carbocycles. The fourth-order valence-electron chi connectivity index (χ4n) is 0.858. The third kappa shape index (κ3) is 1.84. The summed E-state index contributed by atoms with van der Waals surface area (Å²) in [4.78, 5) is 0. The molecule has 1 aromatic heterocycles. The summed E-state index contributed by atoms with van der Waals surface area (Å²) in [6.45, 7) is 9.84. The number of hydrogen-bond donors (Lipinski definition) is 0. The van der Waals surface area contributed by atoms with E-state index in [1.54, 1.807) is 0 Å². The zero-order valence-corrected chi connectivity index (χ0v) is 7.83. The normalized spacial score (nSPS) is 10.9. The molecule has 0 fully saturated rings. The number of aryl methyl sites for hydroxylation is 1. The minimum atomic E-state index is 1.03. The largest absolute Gasteiger partial charge is 0.245 e. The standard InChI is InChI=1S/C10H14N2/c1-8(2)5-6-12-10(4)9(3)7-11-12/h5-7H,1H2,2-4H3/b6-5-. The van der Waals surface area contributed by atoms with Crippen LogP contribution in [0.4, 0.5) is 0 Å². The van der Waals surface area contributed by atoms with Crippen molar-refractivity contribution in [1.29, 1.82) is 0 Å². The SMILES string of the molecule is C=C(C)/C=C\n1ncc(C)c1C. The van der Waals surface area contributed by atoms with Crippen molar-refractivity contribution in [2.45, 2.75) is 20.8 Å². The molecule has 0 spiro atoms. The van der Waals surface area contributed by atoms with Crippen molar-refractivity contribution in [3.8, 4) is 0 Å². The first kappa shape index (κ1) is 8.78. The average Bonchev–Trinajstić information content (AvgIpc) is 2.30. The Kier molecular flexibility index (Phi) is 2.48. The van der Waals surface area contributed by atoms with E-state index in [0.29, 0.717) is 0 Å². The molecule has 0 atom stereocenters. The minimum Gasteiger partial charge on any atom is -0.245 e. The van der Waals surface area contributed by atoms with Gasteiger partial charge in [0, 0.05) is 11.9 Å². The van der Waals surface area contributed by atoms with Crippen LogP contribution < -0.4 is 0 Å². The Labute approximate surface area is 73.2 Å². The van der Waals surface area contributed by atoms with Crippen LogP contribution in [0.1, 0.15) is 18.2 Å². The molecule has 0 radical (unpaired) electrons. The molecule has 0 saturated carbocycles. The lowest BCUT2D eigenvalue weighted by Crippen LogP contribution is -1.91. The zero-order chi connectivity index (χ0) is 9.14. The molecule has 2 heteroatoms. The average molecular weight is 162 g/mol. The minimum absolute atomic E-state index is 1.03. The van der Waals surface area contributed by atoms with Crippen molar-refractivity contribution >= 4 is 6.20 Å². The van der Waals surface area contributed by atoms with Crippen LogP contribution in [0.3, 0.4) is 0 Å². The summed E-state index contributed by atoms with van der Waals surface area (Å²) in [6, 6.07) is 0. The number of allylic oxidation sites excluding steroid dienone is 2. The Morgan fingerprint density at radius 3 is 2.67 bits per heavy atom. The fraction of sp³-hybridized carbons (Fsp3) is 0.300. The maximum Gasteiger partial charge on any atom is 0.0525 e. The molecule has 0 saturated heterocycles. The summed E-state index contributed by atoms with van der Waals surface area (Å²) < 4.78 is 1.85. The predicted octanol–water partition coefficient (Wildman–Crippen LogP) is 2.55. The van der Waals surface area contributed by atoms with Gasteiger partial charge in [-0.3, -0.25) is 0 Å². The lowest BCUT2D eigenvalue weighted by molar-refractivity contribution is 0.895. The molecule has 0 aliphatic rings. The van der Waals surface area contributed by atoms with Crippen molar-refractivity contribution in [1.82, 2.24) is 9.78 Å². The molecule has 64 valence electrons. The maximum absolute atomic E-state index is 4.18. The highest BCUT2D eigenvalue weighted by molar-refractivity contribution is 5.33. The van der Waals surface area contributed by atoms with Gasteiger partial charge in [-0.25, -0.2) is 4.68 Å². The maximum atomic E-state index is 4.18. The van der Waals surface area contributed by atoms with E-state index < -0.39 is 0 Å². The van der Waals surface area contributed by atoms with Crippen LogP contribution >= 0.6 is 0 Å². The van der Waals surface area contributed by atoms with Crippen molar-refractivity contribution in [2.24, 2.45) is 0 Å². The smallest absolute Gasteiger partial charge is 0.0525 e. The van der Waals surface area contributed by atoms with Crippen LogP contribution in [-0.2, 0) is 0 Å². The van der Waals surface area contributed by atoms with Crippen molar-refractivity contribution in [2.75, 3.05) is 0 Å².